The molecule has 3 aromatic rings. The zero-order valence-corrected chi connectivity index (χ0v) is 19.1. The van der Waals surface area contributed by atoms with Gasteiger partial charge in [0, 0.05) is 13.1 Å². The Bertz CT molecular complexity index is 1250. The van der Waals surface area contributed by atoms with Crippen molar-refractivity contribution in [3.05, 3.63) is 71.0 Å². The molecule has 0 radical (unpaired) electrons. The van der Waals surface area contributed by atoms with E-state index in [0.717, 1.165) is 18.2 Å². The van der Waals surface area contributed by atoms with Crippen molar-refractivity contribution >= 4 is 11.9 Å². The van der Waals surface area contributed by atoms with Gasteiger partial charge in [0.1, 0.15) is 11.6 Å². The number of aromatic nitrogens is 1. The highest BCUT2D eigenvalue weighted by Gasteiger charge is 2.37. The second-order valence-electron chi connectivity index (χ2n) is 7.41. The number of methoxy groups -OCH3 is 1. The Kier molecular flexibility index (Phi) is 8.12. The lowest BCUT2D eigenvalue weighted by Gasteiger charge is -2.21. The van der Waals surface area contributed by atoms with Crippen molar-refractivity contribution in [1.29, 1.82) is 0 Å². The van der Waals surface area contributed by atoms with Crippen molar-refractivity contribution in [2.24, 2.45) is 0 Å². The molecule has 13 heteroatoms. The van der Waals surface area contributed by atoms with Crippen LogP contribution in [-0.2, 0) is 12.6 Å². The van der Waals surface area contributed by atoms with E-state index in [1.54, 1.807) is 6.92 Å². The summed E-state index contributed by atoms with van der Waals surface area (Å²) in [5.41, 5.74) is 2.37. The van der Waals surface area contributed by atoms with Crippen LogP contribution in [0, 0.1) is 11.6 Å². The minimum Gasteiger partial charge on any atom is -0.479 e. The molecule has 8 nitrogen and oxygen atoms in total. The maximum atomic E-state index is 14.7. The summed E-state index contributed by atoms with van der Waals surface area (Å²) in [4.78, 5) is 25.6. The summed E-state index contributed by atoms with van der Waals surface area (Å²) in [6, 6.07) is 6.81. The molecule has 0 aliphatic rings. The molecule has 2 aromatic carbocycles. The zero-order valence-electron chi connectivity index (χ0n) is 19.1. The number of rotatable bonds is 7. The first kappa shape index (κ1) is 26.4. The van der Waals surface area contributed by atoms with Crippen molar-refractivity contribution < 1.29 is 40.8 Å². The summed E-state index contributed by atoms with van der Waals surface area (Å²) in [5, 5.41) is 3.46. The molecule has 0 aliphatic heterocycles. The lowest BCUT2D eigenvalue weighted by molar-refractivity contribution is -0.139. The molecule has 0 bridgehead atoms. The number of nitrogens with zero attached hydrogens (tertiary/aromatic N) is 2. The van der Waals surface area contributed by atoms with Gasteiger partial charge in [-0.25, -0.2) is 19.0 Å². The van der Waals surface area contributed by atoms with Crippen LogP contribution in [0.3, 0.4) is 0 Å². The van der Waals surface area contributed by atoms with Crippen molar-refractivity contribution in [2.45, 2.75) is 19.5 Å². The number of carbonyl (C=O) groups excluding carboxylic acids is 2. The van der Waals surface area contributed by atoms with E-state index in [4.69, 9.17) is 9.26 Å². The van der Waals surface area contributed by atoms with E-state index >= 15 is 0 Å². The normalized spacial score (nSPS) is 11.2. The van der Waals surface area contributed by atoms with Crippen molar-refractivity contribution in [1.82, 2.24) is 20.9 Å². The molecule has 192 valence electrons. The van der Waals surface area contributed by atoms with Crippen molar-refractivity contribution in [3.8, 4) is 17.0 Å². The first-order valence-corrected chi connectivity index (χ1v) is 10.6. The van der Waals surface area contributed by atoms with Gasteiger partial charge in [0.2, 0.25) is 5.76 Å². The second kappa shape index (κ2) is 11.1. The molecule has 2 N–H and O–H groups in total. The molecule has 0 aliphatic carbocycles. The number of hydrazine groups is 1. The summed E-state index contributed by atoms with van der Waals surface area (Å²) < 4.78 is 78.0. The maximum Gasteiger partial charge on any atom is 0.419 e. The number of alkyl halides is 3. The number of nitrogens with one attached hydrogen (secondary N) is 2. The lowest BCUT2D eigenvalue weighted by Crippen LogP contribution is -2.49. The average molecular weight is 512 g/mol. The predicted molar refractivity (Wildman–Crippen MR) is 117 cm³/mol. The quantitative estimate of drug-likeness (QED) is 0.357. The van der Waals surface area contributed by atoms with Gasteiger partial charge < -0.3 is 14.2 Å². The van der Waals surface area contributed by atoms with Gasteiger partial charge >= 0.3 is 18.1 Å². The molecule has 0 unspecified atom stereocenters. The predicted octanol–water partition coefficient (Wildman–Crippen LogP) is 4.57. The molecule has 1 heterocycles. The number of halogens is 5. The highest BCUT2D eigenvalue weighted by Crippen LogP contribution is 2.39. The monoisotopic (exact) mass is 512 g/mol. The number of benzene rings is 2. The van der Waals surface area contributed by atoms with Crippen LogP contribution in [0.1, 0.15) is 28.6 Å². The number of hydrogen-bond donors (Lipinski definition) is 2. The molecule has 36 heavy (non-hydrogen) atoms. The van der Waals surface area contributed by atoms with E-state index < -0.39 is 40.9 Å². The molecular weight excluding hydrogens is 491 g/mol. The van der Waals surface area contributed by atoms with Gasteiger partial charge in [-0.2, -0.15) is 13.2 Å². The topological polar surface area (TPSA) is 96.7 Å². The largest absolute Gasteiger partial charge is 0.479 e. The Labute approximate surface area is 202 Å². The third-order valence-corrected chi connectivity index (χ3v) is 5.19. The standard InChI is InChI=1S/C23H21F5N4O4/c1-3-32(22(34)30-29-21(33)18-12-19(35-2)31-36-18)10-9-13-7-8-14(11-17(13)25)15-5-4-6-16(24)20(15)23(26,27)28/h4-8,11-12H,3,9-10H2,1-2H3,(H,29,33)(H,30,34). The van der Waals surface area contributed by atoms with Gasteiger partial charge in [0.25, 0.3) is 5.88 Å². The number of hydrogen-bond acceptors (Lipinski definition) is 5. The van der Waals surface area contributed by atoms with Crippen LogP contribution in [0.15, 0.2) is 47.0 Å². The molecule has 3 rings (SSSR count). The van der Waals surface area contributed by atoms with Crippen LogP contribution >= 0.6 is 0 Å². The first-order valence-electron chi connectivity index (χ1n) is 10.6. The summed E-state index contributed by atoms with van der Waals surface area (Å²) >= 11 is 0. The van der Waals surface area contributed by atoms with Gasteiger partial charge in [-0.15, -0.1) is 0 Å². The fraction of sp³-hybridized carbons (Fsp3) is 0.261. The summed E-state index contributed by atoms with van der Waals surface area (Å²) in [5.74, 6) is -3.18. The van der Waals surface area contributed by atoms with E-state index in [9.17, 15) is 31.5 Å². The van der Waals surface area contributed by atoms with Crippen LogP contribution in [-0.4, -0.2) is 42.2 Å². The maximum absolute atomic E-state index is 14.7. The van der Waals surface area contributed by atoms with E-state index in [1.165, 1.54) is 30.2 Å². The van der Waals surface area contributed by atoms with E-state index in [-0.39, 0.29) is 42.3 Å². The molecular formula is C23H21F5N4O4. The number of carbonyl (C=O) groups is 2. The second-order valence-corrected chi connectivity index (χ2v) is 7.41. The molecule has 0 atom stereocenters. The summed E-state index contributed by atoms with van der Waals surface area (Å²) in [6.45, 7) is 1.89. The number of ether oxygens (including phenoxy) is 1. The molecule has 0 fully saturated rings. The van der Waals surface area contributed by atoms with Gasteiger partial charge in [0.15, 0.2) is 0 Å². The van der Waals surface area contributed by atoms with Crippen LogP contribution in [0.25, 0.3) is 11.1 Å². The average Bonchev–Trinajstić information content (AvgIpc) is 3.32. The van der Waals surface area contributed by atoms with Crippen molar-refractivity contribution in [2.75, 3.05) is 20.2 Å². The Morgan fingerprint density at radius 2 is 1.83 bits per heavy atom. The van der Waals surface area contributed by atoms with Gasteiger partial charge in [-0.1, -0.05) is 24.3 Å². The number of urea groups is 1. The lowest BCUT2D eigenvalue weighted by atomic mass is 9.97. The Balaban J connectivity index is 1.65. The smallest absolute Gasteiger partial charge is 0.419 e. The van der Waals surface area contributed by atoms with Gasteiger partial charge in [-0.3, -0.25) is 10.2 Å². The number of likely N-dealkylation sites (N-methyl/N-ethyl adjacent to an activating group) is 1. The van der Waals surface area contributed by atoms with Crippen LogP contribution in [0.5, 0.6) is 5.88 Å². The minimum atomic E-state index is -4.96. The van der Waals surface area contributed by atoms with Crippen LogP contribution < -0.4 is 15.6 Å². The molecule has 0 saturated heterocycles. The highest BCUT2D eigenvalue weighted by molar-refractivity contribution is 5.92. The fourth-order valence-electron chi connectivity index (χ4n) is 3.34. The third-order valence-electron chi connectivity index (χ3n) is 5.19. The Morgan fingerprint density at radius 3 is 2.44 bits per heavy atom. The Hall–Kier alpha value is -4.16. The Morgan fingerprint density at radius 1 is 1.08 bits per heavy atom. The van der Waals surface area contributed by atoms with Crippen molar-refractivity contribution in [3.63, 3.8) is 0 Å². The van der Waals surface area contributed by atoms with Crippen LogP contribution in [0.4, 0.5) is 26.7 Å². The molecule has 1 aromatic heterocycles. The van der Waals surface area contributed by atoms with E-state index in [0.29, 0.717) is 6.07 Å². The van der Waals surface area contributed by atoms with Gasteiger partial charge in [0.05, 0.1) is 18.7 Å². The van der Waals surface area contributed by atoms with Crippen LogP contribution in [0.2, 0.25) is 0 Å². The minimum absolute atomic E-state index is 0.0237. The molecule has 0 saturated carbocycles. The third kappa shape index (κ3) is 6.09. The summed E-state index contributed by atoms with van der Waals surface area (Å²) in [7, 11) is 1.33. The summed E-state index contributed by atoms with van der Waals surface area (Å²) in [6.07, 6.45) is -4.93. The number of amides is 3. The van der Waals surface area contributed by atoms with Gasteiger partial charge in [-0.05, 0) is 47.3 Å². The first-order chi connectivity index (χ1) is 17.0. The SMILES string of the molecule is CCN(CCc1ccc(-c2cccc(F)c2C(F)(F)F)cc1F)C(=O)NNC(=O)c1cc(OC)no1. The highest BCUT2D eigenvalue weighted by atomic mass is 19.4. The molecule has 3 amide bonds. The molecule has 0 spiro atoms. The van der Waals surface area contributed by atoms with E-state index in [1.807, 2.05) is 0 Å². The zero-order chi connectivity index (χ0) is 26.5. The van der Waals surface area contributed by atoms with E-state index in [2.05, 4.69) is 16.0 Å². The fourth-order valence-corrected chi connectivity index (χ4v) is 3.34.